The number of carbonyl (C=O) groups is 2. The highest BCUT2D eigenvalue weighted by Crippen LogP contribution is 2.26. The number of likely N-dealkylation sites (tertiary alicyclic amines) is 1. The molecule has 4 nitrogen and oxygen atoms in total. The molecular formula is C14H16Cl2N2O2. The maximum Gasteiger partial charge on any atom is 0.234 e. The largest absolute Gasteiger partial charge is 0.368 e. The molecule has 0 aliphatic carbocycles. The Hall–Kier alpha value is -1.10. The van der Waals surface area contributed by atoms with E-state index < -0.39 is 6.04 Å². The molecule has 1 aliphatic rings. The molecule has 2 N–H and O–H groups in total. The molecule has 1 aromatic carbocycles. The van der Waals surface area contributed by atoms with Gasteiger partial charge in [0.2, 0.25) is 5.91 Å². The molecular weight excluding hydrogens is 299 g/mol. The minimum atomic E-state index is -0.436. The predicted octanol–water partition coefficient (Wildman–Crippen LogP) is 2.51. The van der Waals surface area contributed by atoms with E-state index in [1.54, 1.807) is 25.1 Å². The lowest BCUT2D eigenvalue weighted by Gasteiger charge is -2.28. The average Bonchev–Trinajstić information content (AvgIpc) is 2.86. The van der Waals surface area contributed by atoms with Crippen LogP contribution in [0.2, 0.25) is 10.0 Å². The van der Waals surface area contributed by atoms with Crippen LogP contribution in [0.5, 0.6) is 0 Å². The normalized spacial score (nSPS) is 20.9. The topological polar surface area (TPSA) is 63.4 Å². The van der Waals surface area contributed by atoms with Gasteiger partial charge >= 0.3 is 0 Å². The van der Waals surface area contributed by atoms with Crippen LogP contribution in [0, 0.1) is 0 Å². The van der Waals surface area contributed by atoms with Crippen molar-refractivity contribution in [1.82, 2.24) is 4.90 Å². The Kier molecular flexibility index (Phi) is 4.68. The Morgan fingerprint density at radius 2 is 2.10 bits per heavy atom. The highest BCUT2D eigenvalue weighted by Gasteiger charge is 2.35. The standard InChI is InChI=1S/C14H16Cl2N2O2/c1-8(18-6-2-3-12(18)14(17)20)13(19)10-5-4-9(15)7-11(10)16/h4-5,7-8,12H,2-3,6H2,1H3,(H2,17,20). The molecule has 6 heteroatoms. The minimum Gasteiger partial charge on any atom is -0.368 e. The van der Waals surface area contributed by atoms with Crippen molar-refractivity contribution >= 4 is 34.9 Å². The summed E-state index contributed by atoms with van der Waals surface area (Å²) in [5.41, 5.74) is 5.79. The molecule has 0 bridgehead atoms. The third-order valence-electron chi connectivity index (χ3n) is 3.70. The van der Waals surface area contributed by atoms with Crippen molar-refractivity contribution in [3.05, 3.63) is 33.8 Å². The number of carbonyl (C=O) groups excluding carboxylic acids is 2. The molecule has 1 aliphatic heterocycles. The number of primary amides is 1. The predicted molar refractivity (Wildman–Crippen MR) is 79.2 cm³/mol. The number of Topliss-reactive ketones (excluding diaryl/α,β-unsaturated/α-hetero) is 1. The monoisotopic (exact) mass is 314 g/mol. The van der Waals surface area contributed by atoms with Crippen LogP contribution in [0.4, 0.5) is 0 Å². The van der Waals surface area contributed by atoms with Gasteiger partial charge in [0.25, 0.3) is 0 Å². The number of nitrogens with zero attached hydrogens (tertiary/aromatic N) is 1. The van der Waals surface area contributed by atoms with Crippen molar-refractivity contribution in [1.29, 1.82) is 0 Å². The fourth-order valence-electron chi connectivity index (χ4n) is 2.62. The summed E-state index contributed by atoms with van der Waals surface area (Å²) >= 11 is 11.9. The second kappa shape index (κ2) is 6.12. The number of benzene rings is 1. The molecule has 1 amide bonds. The first-order chi connectivity index (χ1) is 9.41. The first-order valence-electron chi connectivity index (χ1n) is 6.46. The summed E-state index contributed by atoms with van der Waals surface area (Å²) < 4.78 is 0. The van der Waals surface area contributed by atoms with Gasteiger partial charge in [0.05, 0.1) is 17.1 Å². The SMILES string of the molecule is CC(C(=O)c1ccc(Cl)cc1Cl)N1CCCC1C(N)=O. The zero-order valence-electron chi connectivity index (χ0n) is 11.1. The summed E-state index contributed by atoms with van der Waals surface area (Å²) in [6.45, 7) is 2.46. The number of hydrogen-bond acceptors (Lipinski definition) is 3. The van der Waals surface area contributed by atoms with Gasteiger partial charge in [-0.25, -0.2) is 0 Å². The van der Waals surface area contributed by atoms with Gasteiger partial charge in [-0.2, -0.15) is 0 Å². The lowest BCUT2D eigenvalue weighted by molar-refractivity contribution is -0.122. The summed E-state index contributed by atoms with van der Waals surface area (Å²) in [5.74, 6) is -0.510. The van der Waals surface area contributed by atoms with Crippen molar-refractivity contribution in [2.45, 2.75) is 31.8 Å². The second-order valence-corrected chi connectivity index (χ2v) is 5.81. The van der Waals surface area contributed by atoms with E-state index in [1.165, 1.54) is 0 Å². The molecule has 2 rings (SSSR count). The van der Waals surface area contributed by atoms with Crippen molar-refractivity contribution in [3.8, 4) is 0 Å². The quantitative estimate of drug-likeness (QED) is 0.868. The first kappa shape index (κ1) is 15.3. The van der Waals surface area contributed by atoms with E-state index in [-0.39, 0.29) is 17.7 Å². The van der Waals surface area contributed by atoms with Crippen molar-refractivity contribution < 1.29 is 9.59 Å². The zero-order chi connectivity index (χ0) is 14.9. The Bertz CT molecular complexity index is 548. The van der Waals surface area contributed by atoms with Crippen molar-refractivity contribution in [2.75, 3.05) is 6.54 Å². The first-order valence-corrected chi connectivity index (χ1v) is 7.21. The smallest absolute Gasteiger partial charge is 0.234 e. The number of halogens is 2. The van der Waals surface area contributed by atoms with E-state index >= 15 is 0 Å². The molecule has 0 radical (unpaired) electrons. The third-order valence-corrected chi connectivity index (χ3v) is 4.24. The average molecular weight is 315 g/mol. The highest BCUT2D eigenvalue weighted by atomic mass is 35.5. The zero-order valence-corrected chi connectivity index (χ0v) is 12.6. The molecule has 1 aromatic rings. The van der Waals surface area contributed by atoms with Crippen LogP contribution in [0.15, 0.2) is 18.2 Å². The molecule has 20 heavy (non-hydrogen) atoms. The maximum absolute atomic E-state index is 12.5. The summed E-state index contributed by atoms with van der Waals surface area (Å²) in [7, 11) is 0. The number of nitrogens with two attached hydrogens (primary N) is 1. The van der Waals surface area contributed by atoms with Crippen LogP contribution in [-0.2, 0) is 4.79 Å². The molecule has 2 unspecified atom stereocenters. The van der Waals surface area contributed by atoms with Gasteiger partial charge in [-0.3, -0.25) is 14.5 Å². The van der Waals surface area contributed by atoms with E-state index in [4.69, 9.17) is 28.9 Å². The van der Waals surface area contributed by atoms with Crippen LogP contribution in [0.3, 0.4) is 0 Å². The lowest BCUT2D eigenvalue weighted by atomic mass is 10.0. The Morgan fingerprint density at radius 1 is 1.40 bits per heavy atom. The van der Waals surface area contributed by atoms with Crippen LogP contribution in [0.25, 0.3) is 0 Å². The fraction of sp³-hybridized carbons (Fsp3) is 0.429. The lowest BCUT2D eigenvalue weighted by Crippen LogP contribution is -2.47. The summed E-state index contributed by atoms with van der Waals surface area (Å²) in [4.78, 5) is 25.8. The van der Waals surface area contributed by atoms with Gasteiger partial charge in [0, 0.05) is 10.6 Å². The van der Waals surface area contributed by atoms with E-state index in [2.05, 4.69) is 0 Å². The van der Waals surface area contributed by atoms with Crippen LogP contribution >= 0.6 is 23.2 Å². The highest BCUT2D eigenvalue weighted by molar-refractivity contribution is 6.37. The van der Waals surface area contributed by atoms with Gasteiger partial charge in [-0.05, 0) is 44.5 Å². The van der Waals surface area contributed by atoms with Crippen LogP contribution in [0.1, 0.15) is 30.1 Å². The van der Waals surface area contributed by atoms with Gasteiger partial charge < -0.3 is 5.73 Å². The minimum absolute atomic E-state index is 0.125. The second-order valence-electron chi connectivity index (χ2n) is 4.96. The number of hydrogen-bond donors (Lipinski definition) is 1. The van der Waals surface area contributed by atoms with E-state index in [0.29, 0.717) is 28.6 Å². The molecule has 2 atom stereocenters. The molecule has 0 saturated carbocycles. The maximum atomic E-state index is 12.5. The molecule has 0 spiro atoms. The molecule has 1 saturated heterocycles. The van der Waals surface area contributed by atoms with E-state index in [0.717, 1.165) is 6.42 Å². The van der Waals surface area contributed by atoms with Crippen molar-refractivity contribution in [2.24, 2.45) is 5.73 Å². The third kappa shape index (κ3) is 2.97. The van der Waals surface area contributed by atoms with Gasteiger partial charge in [-0.15, -0.1) is 0 Å². The Morgan fingerprint density at radius 3 is 2.70 bits per heavy atom. The number of amides is 1. The van der Waals surface area contributed by atoms with E-state index in [1.807, 2.05) is 4.90 Å². The molecule has 1 fully saturated rings. The van der Waals surface area contributed by atoms with Crippen LogP contribution in [-0.4, -0.2) is 35.2 Å². The molecule has 108 valence electrons. The molecule has 1 heterocycles. The molecule has 0 aromatic heterocycles. The number of rotatable bonds is 4. The summed E-state index contributed by atoms with van der Waals surface area (Å²) in [6.07, 6.45) is 1.56. The fourth-order valence-corrected chi connectivity index (χ4v) is 3.12. The van der Waals surface area contributed by atoms with Gasteiger partial charge in [-0.1, -0.05) is 23.2 Å². The van der Waals surface area contributed by atoms with Gasteiger partial charge in [0.1, 0.15) is 0 Å². The van der Waals surface area contributed by atoms with Crippen LogP contribution < -0.4 is 5.73 Å². The van der Waals surface area contributed by atoms with E-state index in [9.17, 15) is 9.59 Å². The van der Waals surface area contributed by atoms with Gasteiger partial charge in [0.15, 0.2) is 5.78 Å². The Labute approximate surface area is 127 Å². The Balaban J connectivity index is 2.22. The number of ketones is 1. The van der Waals surface area contributed by atoms with Crippen molar-refractivity contribution in [3.63, 3.8) is 0 Å². The summed E-state index contributed by atoms with van der Waals surface area (Å²) in [6, 6.07) is 3.97. The summed E-state index contributed by atoms with van der Waals surface area (Å²) in [5, 5.41) is 0.805.